The number of amides is 2. The van der Waals surface area contributed by atoms with Gasteiger partial charge in [-0.2, -0.15) is 0 Å². The van der Waals surface area contributed by atoms with E-state index in [1.54, 1.807) is 6.92 Å². The van der Waals surface area contributed by atoms with Gasteiger partial charge in [-0.05, 0) is 211 Å². The Morgan fingerprint density at radius 1 is 0.424 bits per heavy atom. The summed E-state index contributed by atoms with van der Waals surface area (Å²) in [7, 11) is 3.87. The molecule has 0 saturated carbocycles. The quantitative estimate of drug-likeness (QED) is 0.220. The monoisotopic (exact) mass is 1220 g/mol. The standard InChI is InChI=1S/C10H22N2.C10H21N.C9H18N2O.C9H19N.2C8H18N2.C8H15NO.C7H15NOS/c1-9(2)11-5-7-12(8-6-11)10(3)4;1-9(2)11-8-6-5-7-10(11,3)4;1-8(2)10-4-6-11(7-5-10)9(3)12;1-8(2)10-7-5-4-6-9(10)3;2*1-8(2)10-6-4-9(3)5-7-10;1-7(2)9-6-4-3-5-8(9)10;1-7(2)8-3-5-10(9)6-4-8/h9-10H,5-8H2,1-4H3;9H,5-8H2,1-4H3;8H,4-7H2,1-3H3;8-9H,4-7H2,1-3H3;2*8H,4-7H2,1-3H3;2*7H,3-6H2,1-2H3/t;;;9-;;;;/m...1..../s1. The number of carbonyl (C=O) groups is 2. The molecular weight excluding hydrogens is 1080 g/mol. The summed E-state index contributed by atoms with van der Waals surface area (Å²) in [5, 5.41) is 0. The van der Waals surface area contributed by atoms with E-state index in [-0.39, 0.29) is 5.91 Å². The van der Waals surface area contributed by atoms with Gasteiger partial charge in [-0.3, -0.25) is 53.0 Å². The fraction of sp³-hybridized carbons (Fsp3) is 0.971. The van der Waals surface area contributed by atoms with Crippen molar-refractivity contribution in [1.82, 2.24) is 58.8 Å². The Kier molecular flexibility index (Phi) is 42.5. The minimum absolute atomic E-state index is 0.207. The van der Waals surface area contributed by atoms with Gasteiger partial charge in [0.25, 0.3) is 0 Å². The molecule has 8 fully saturated rings. The summed E-state index contributed by atoms with van der Waals surface area (Å²) < 4.78 is 10.9. The topological polar surface area (TPSA) is 90.1 Å². The number of hydrogen-bond acceptors (Lipinski definition) is 13. The summed E-state index contributed by atoms with van der Waals surface area (Å²) in [6.07, 6.45) is 11.4. The molecule has 0 radical (unpaired) electrons. The van der Waals surface area contributed by atoms with Gasteiger partial charge in [0.05, 0.1) is 0 Å². The molecule has 8 saturated heterocycles. The fourth-order valence-corrected chi connectivity index (χ4v) is 13.8. The van der Waals surface area contributed by atoms with Crippen LogP contribution in [0.3, 0.4) is 0 Å². The average Bonchev–Trinajstić information content (AvgIpc) is 3.66. The molecule has 8 aliphatic rings. The van der Waals surface area contributed by atoms with Crippen molar-refractivity contribution in [2.24, 2.45) is 0 Å². The van der Waals surface area contributed by atoms with Gasteiger partial charge in [0.15, 0.2) is 0 Å². The molecule has 0 spiro atoms. The van der Waals surface area contributed by atoms with Crippen LogP contribution in [-0.4, -0.2) is 304 Å². The molecule has 0 N–H and O–H groups in total. The Labute approximate surface area is 531 Å². The van der Waals surface area contributed by atoms with Crippen molar-refractivity contribution in [3.8, 4) is 0 Å². The van der Waals surface area contributed by atoms with Gasteiger partial charge in [0.1, 0.15) is 0 Å². The SMILES string of the molecule is CC(=O)N1CCN(C(C)C)CC1.CC(C)N1CCCCC1(C)C.CC(C)N1CCCCC1=O.CC(C)N1CCCC[C@H]1C.CC(C)N1CCN(C(C)C)CC1.CC(C)N1CCN(C)CC1.CC(C)N1CCN(C)CC1.CC(C)N1CCS(=O)CC1. The average molecular weight is 1220 g/mol. The zero-order chi connectivity index (χ0) is 64.6. The Bertz CT molecular complexity index is 1650. The van der Waals surface area contributed by atoms with Crippen LogP contribution < -0.4 is 0 Å². The Morgan fingerprint density at radius 3 is 1.06 bits per heavy atom. The molecule has 8 heterocycles. The number of rotatable bonds is 9. The highest BCUT2D eigenvalue weighted by atomic mass is 32.2. The van der Waals surface area contributed by atoms with Crippen LogP contribution in [0.25, 0.3) is 0 Å². The first-order chi connectivity index (χ1) is 39.8. The van der Waals surface area contributed by atoms with Crippen molar-refractivity contribution >= 4 is 22.6 Å². The summed E-state index contributed by atoms with van der Waals surface area (Å²) >= 11 is 0. The Balaban J connectivity index is 0.000000486. The molecule has 506 valence electrons. The first kappa shape index (κ1) is 81.7. The fourth-order valence-electron chi connectivity index (χ4n) is 12.7. The number of piperazine rings is 4. The van der Waals surface area contributed by atoms with Crippen LogP contribution >= 0.6 is 0 Å². The van der Waals surface area contributed by atoms with Crippen molar-refractivity contribution in [1.29, 1.82) is 0 Å². The van der Waals surface area contributed by atoms with E-state index in [0.29, 0.717) is 35.6 Å². The van der Waals surface area contributed by atoms with E-state index in [0.717, 1.165) is 106 Å². The molecule has 15 nitrogen and oxygen atoms in total. The number of likely N-dealkylation sites (tertiary alicyclic amines) is 3. The zero-order valence-corrected chi connectivity index (χ0v) is 61.7. The molecule has 0 aromatic rings. The molecule has 0 aromatic carbocycles. The van der Waals surface area contributed by atoms with Crippen molar-refractivity contribution in [3.63, 3.8) is 0 Å². The van der Waals surface area contributed by atoms with Crippen molar-refractivity contribution in [2.75, 3.05) is 163 Å². The predicted octanol–water partition coefficient (Wildman–Crippen LogP) is 10.1. The van der Waals surface area contributed by atoms with Gasteiger partial charge < -0.3 is 19.6 Å². The number of hydrogen-bond donors (Lipinski definition) is 0. The number of carbonyl (C=O) groups excluding carboxylic acids is 2. The first-order valence-electron chi connectivity index (χ1n) is 35.0. The summed E-state index contributed by atoms with van der Waals surface area (Å²) in [4.78, 5) is 51.0. The molecule has 2 amide bonds. The van der Waals surface area contributed by atoms with E-state index < -0.39 is 10.8 Å². The maximum atomic E-state index is 11.2. The third kappa shape index (κ3) is 34.6. The lowest BCUT2D eigenvalue weighted by Crippen LogP contribution is -2.50. The third-order valence-corrected chi connectivity index (χ3v) is 20.4. The van der Waals surface area contributed by atoms with Gasteiger partial charge in [-0.1, -0.05) is 12.8 Å². The molecule has 8 aliphatic heterocycles. The third-order valence-electron chi connectivity index (χ3n) is 19.1. The largest absolute Gasteiger partial charge is 0.340 e. The summed E-state index contributed by atoms with van der Waals surface area (Å²) in [5.41, 5.74) is 0.451. The van der Waals surface area contributed by atoms with E-state index in [2.05, 4.69) is 208 Å². The number of piperidine rings is 3. The van der Waals surface area contributed by atoms with E-state index in [9.17, 15) is 13.8 Å². The predicted molar refractivity (Wildman–Crippen MR) is 371 cm³/mol. The summed E-state index contributed by atoms with van der Waals surface area (Å²) in [6.45, 7) is 73.4. The van der Waals surface area contributed by atoms with Crippen LogP contribution in [0.1, 0.15) is 210 Å². The molecule has 0 aliphatic carbocycles. The van der Waals surface area contributed by atoms with Crippen LogP contribution in [0.15, 0.2) is 0 Å². The Morgan fingerprint density at radius 2 is 0.776 bits per heavy atom. The summed E-state index contributed by atoms with van der Waals surface area (Å²) in [6, 6.07) is 6.82. The molecule has 0 aromatic heterocycles. The Hall–Kier alpha value is -1.31. The maximum absolute atomic E-state index is 11.2. The molecule has 85 heavy (non-hydrogen) atoms. The van der Waals surface area contributed by atoms with Crippen molar-refractivity contribution in [3.05, 3.63) is 0 Å². The smallest absolute Gasteiger partial charge is 0.222 e. The van der Waals surface area contributed by atoms with Crippen molar-refractivity contribution < 1.29 is 13.8 Å². The highest BCUT2D eigenvalue weighted by Crippen LogP contribution is 2.29. The van der Waals surface area contributed by atoms with Gasteiger partial charge >= 0.3 is 0 Å². The lowest BCUT2D eigenvalue weighted by molar-refractivity contribution is -0.135. The normalized spacial score (nSPS) is 23.7. The van der Waals surface area contributed by atoms with Crippen LogP contribution in [0.4, 0.5) is 0 Å². The highest BCUT2D eigenvalue weighted by Gasteiger charge is 2.31. The zero-order valence-electron chi connectivity index (χ0n) is 60.9. The molecule has 8 rings (SSSR count). The second-order valence-corrected chi connectivity index (χ2v) is 30.8. The lowest BCUT2D eigenvalue weighted by atomic mass is 9.89. The molecule has 0 bridgehead atoms. The molecular formula is C69H146N12O3S. The minimum atomic E-state index is -0.519. The second-order valence-electron chi connectivity index (χ2n) is 29.1. The van der Waals surface area contributed by atoms with Gasteiger partial charge in [-0.15, -0.1) is 0 Å². The van der Waals surface area contributed by atoms with Gasteiger partial charge in [0.2, 0.25) is 11.8 Å². The number of nitrogens with zero attached hydrogens (tertiary/aromatic N) is 12. The van der Waals surface area contributed by atoms with E-state index >= 15 is 0 Å². The number of likely N-dealkylation sites (N-methyl/N-ethyl adjacent to an activating group) is 2. The lowest BCUT2D eigenvalue weighted by Gasteiger charge is -2.45. The van der Waals surface area contributed by atoms with Crippen LogP contribution in [-0.2, 0) is 20.4 Å². The van der Waals surface area contributed by atoms with E-state index in [4.69, 9.17) is 0 Å². The van der Waals surface area contributed by atoms with E-state index in [1.165, 1.54) is 137 Å². The van der Waals surface area contributed by atoms with Crippen LogP contribution in [0.2, 0.25) is 0 Å². The van der Waals surface area contributed by atoms with Crippen LogP contribution in [0.5, 0.6) is 0 Å². The maximum Gasteiger partial charge on any atom is 0.222 e. The van der Waals surface area contributed by atoms with Crippen molar-refractivity contribution in [2.45, 2.75) is 276 Å². The van der Waals surface area contributed by atoms with Gasteiger partial charge in [0, 0.05) is 226 Å². The molecule has 1 atom stereocenters. The summed E-state index contributed by atoms with van der Waals surface area (Å²) in [5.74, 6) is 2.29. The van der Waals surface area contributed by atoms with Crippen LogP contribution in [0, 0.1) is 0 Å². The minimum Gasteiger partial charge on any atom is -0.340 e. The highest BCUT2D eigenvalue weighted by molar-refractivity contribution is 7.85. The van der Waals surface area contributed by atoms with E-state index in [1.807, 2.05) is 9.80 Å². The molecule has 0 unspecified atom stereocenters. The first-order valence-corrected chi connectivity index (χ1v) is 36.5. The van der Waals surface area contributed by atoms with Gasteiger partial charge in [-0.25, -0.2) is 0 Å². The molecule has 16 heteroatoms. The second kappa shape index (κ2) is 44.2.